The maximum absolute atomic E-state index is 4.18. The van der Waals surface area contributed by atoms with Crippen molar-refractivity contribution in [2.45, 2.75) is 53.0 Å². The van der Waals surface area contributed by atoms with Gasteiger partial charge in [0.1, 0.15) is 0 Å². The van der Waals surface area contributed by atoms with Crippen molar-refractivity contribution in [2.24, 2.45) is 0 Å². The molecule has 1 unspecified atom stereocenters. The number of hydrogen-bond acceptors (Lipinski definition) is 2. The Kier molecular flexibility index (Phi) is 3.98. The fourth-order valence-electron chi connectivity index (χ4n) is 1.69. The largest absolute Gasteiger partial charge is 0.379 e. The summed E-state index contributed by atoms with van der Waals surface area (Å²) in [7, 11) is 0. The van der Waals surface area contributed by atoms with E-state index in [1.807, 2.05) is 6.92 Å². The van der Waals surface area contributed by atoms with E-state index in [1.54, 1.807) is 0 Å². The average molecular weight is 195 g/mol. The standard InChI is InChI=1S/C11H21N3/c1-5-7-10(6-2)12-11-8(3)13-14-9(11)4/h10,12H,5-7H2,1-4H3,(H,13,14). The van der Waals surface area contributed by atoms with Crippen LogP contribution in [0.5, 0.6) is 0 Å². The van der Waals surface area contributed by atoms with Gasteiger partial charge in [0, 0.05) is 6.04 Å². The van der Waals surface area contributed by atoms with Gasteiger partial charge in [-0.15, -0.1) is 0 Å². The minimum atomic E-state index is 0.579. The van der Waals surface area contributed by atoms with E-state index in [1.165, 1.54) is 18.5 Å². The van der Waals surface area contributed by atoms with Gasteiger partial charge in [-0.1, -0.05) is 20.3 Å². The molecule has 0 aromatic carbocycles. The molecule has 2 N–H and O–H groups in total. The van der Waals surface area contributed by atoms with Gasteiger partial charge in [0.25, 0.3) is 0 Å². The molecule has 0 aliphatic heterocycles. The van der Waals surface area contributed by atoms with Crippen LogP contribution in [0, 0.1) is 13.8 Å². The monoisotopic (exact) mass is 195 g/mol. The molecule has 1 atom stereocenters. The highest BCUT2D eigenvalue weighted by Crippen LogP contribution is 2.19. The summed E-state index contributed by atoms with van der Waals surface area (Å²) in [6.07, 6.45) is 3.61. The van der Waals surface area contributed by atoms with Crippen LogP contribution in [-0.4, -0.2) is 16.2 Å². The molecule has 80 valence electrons. The SMILES string of the molecule is CCCC(CC)Nc1c(C)n[nH]c1C. The van der Waals surface area contributed by atoms with Gasteiger partial charge in [-0.3, -0.25) is 5.10 Å². The Morgan fingerprint density at radius 3 is 2.50 bits per heavy atom. The molecule has 1 heterocycles. The summed E-state index contributed by atoms with van der Waals surface area (Å²) in [4.78, 5) is 0. The molecule has 14 heavy (non-hydrogen) atoms. The van der Waals surface area contributed by atoms with Gasteiger partial charge in [0.2, 0.25) is 0 Å². The first-order valence-corrected chi connectivity index (χ1v) is 5.47. The van der Waals surface area contributed by atoms with Crippen molar-refractivity contribution < 1.29 is 0 Å². The van der Waals surface area contributed by atoms with Gasteiger partial charge in [-0.2, -0.15) is 5.10 Å². The molecule has 1 rings (SSSR count). The molecule has 0 amide bonds. The maximum Gasteiger partial charge on any atom is 0.0825 e. The van der Waals surface area contributed by atoms with Crippen LogP contribution in [0.1, 0.15) is 44.5 Å². The summed E-state index contributed by atoms with van der Waals surface area (Å²) < 4.78 is 0. The molecule has 0 saturated carbocycles. The molecule has 0 saturated heterocycles. The van der Waals surface area contributed by atoms with Crippen molar-refractivity contribution in [3.8, 4) is 0 Å². The van der Waals surface area contributed by atoms with Gasteiger partial charge in [0.05, 0.1) is 17.1 Å². The van der Waals surface area contributed by atoms with Gasteiger partial charge in [-0.05, 0) is 26.7 Å². The van der Waals surface area contributed by atoms with Crippen molar-refractivity contribution in [3.63, 3.8) is 0 Å². The second-order valence-electron chi connectivity index (χ2n) is 3.85. The van der Waals surface area contributed by atoms with Crippen LogP contribution in [0.4, 0.5) is 5.69 Å². The van der Waals surface area contributed by atoms with Gasteiger partial charge < -0.3 is 5.32 Å². The van der Waals surface area contributed by atoms with Crippen molar-refractivity contribution in [2.75, 3.05) is 5.32 Å². The van der Waals surface area contributed by atoms with Crippen LogP contribution in [0.3, 0.4) is 0 Å². The summed E-state index contributed by atoms with van der Waals surface area (Å²) in [6.45, 7) is 8.53. The first-order valence-electron chi connectivity index (χ1n) is 5.47. The first kappa shape index (κ1) is 11.1. The number of rotatable bonds is 5. The third kappa shape index (κ3) is 2.50. The molecule has 0 aliphatic rings. The summed E-state index contributed by atoms with van der Waals surface area (Å²) in [6, 6.07) is 0.579. The van der Waals surface area contributed by atoms with E-state index < -0.39 is 0 Å². The van der Waals surface area contributed by atoms with Crippen LogP contribution in [-0.2, 0) is 0 Å². The maximum atomic E-state index is 4.18. The lowest BCUT2D eigenvalue weighted by Gasteiger charge is -2.17. The Morgan fingerprint density at radius 2 is 2.07 bits per heavy atom. The molecule has 1 aromatic rings. The Balaban J connectivity index is 2.66. The number of nitrogens with one attached hydrogen (secondary N) is 2. The van der Waals surface area contributed by atoms with Gasteiger partial charge in [-0.25, -0.2) is 0 Å². The Bertz CT molecular complexity index is 259. The summed E-state index contributed by atoms with van der Waals surface area (Å²) in [5.74, 6) is 0. The van der Waals surface area contributed by atoms with Crippen molar-refractivity contribution >= 4 is 5.69 Å². The Morgan fingerprint density at radius 1 is 1.36 bits per heavy atom. The number of aromatic nitrogens is 2. The van der Waals surface area contributed by atoms with Crippen LogP contribution in [0.2, 0.25) is 0 Å². The fraction of sp³-hybridized carbons (Fsp3) is 0.727. The number of aromatic amines is 1. The lowest BCUT2D eigenvalue weighted by Crippen LogP contribution is -2.18. The molecule has 0 aliphatic carbocycles. The zero-order valence-electron chi connectivity index (χ0n) is 9.65. The summed E-state index contributed by atoms with van der Waals surface area (Å²) in [5.41, 5.74) is 3.39. The predicted octanol–water partition coefficient (Wildman–Crippen LogP) is 3.02. The smallest absolute Gasteiger partial charge is 0.0825 e. The van der Waals surface area contributed by atoms with Crippen molar-refractivity contribution in [1.82, 2.24) is 10.2 Å². The highest BCUT2D eigenvalue weighted by atomic mass is 15.2. The number of aryl methyl sites for hydroxylation is 2. The zero-order valence-corrected chi connectivity index (χ0v) is 9.65. The van der Waals surface area contributed by atoms with E-state index in [0.29, 0.717) is 6.04 Å². The Hall–Kier alpha value is -0.990. The molecule has 3 heteroatoms. The summed E-state index contributed by atoms with van der Waals surface area (Å²) >= 11 is 0. The quantitative estimate of drug-likeness (QED) is 0.758. The van der Waals surface area contributed by atoms with Gasteiger partial charge >= 0.3 is 0 Å². The number of H-pyrrole nitrogens is 1. The van der Waals surface area contributed by atoms with E-state index in [0.717, 1.165) is 17.8 Å². The normalized spacial score (nSPS) is 12.9. The fourth-order valence-corrected chi connectivity index (χ4v) is 1.69. The molecular formula is C11H21N3. The topological polar surface area (TPSA) is 40.7 Å². The van der Waals surface area contributed by atoms with Gasteiger partial charge in [0.15, 0.2) is 0 Å². The molecular weight excluding hydrogens is 174 g/mol. The second kappa shape index (κ2) is 5.03. The van der Waals surface area contributed by atoms with Crippen LogP contribution in [0.25, 0.3) is 0 Å². The minimum absolute atomic E-state index is 0.579. The first-order chi connectivity index (χ1) is 6.69. The number of nitrogens with zero attached hydrogens (tertiary/aromatic N) is 1. The molecule has 0 fully saturated rings. The third-order valence-corrected chi connectivity index (χ3v) is 2.61. The predicted molar refractivity (Wildman–Crippen MR) is 60.7 cm³/mol. The van der Waals surface area contributed by atoms with Crippen molar-refractivity contribution in [3.05, 3.63) is 11.4 Å². The van der Waals surface area contributed by atoms with Crippen LogP contribution in [0.15, 0.2) is 0 Å². The number of anilines is 1. The van der Waals surface area contributed by atoms with Crippen molar-refractivity contribution in [1.29, 1.82) is 0 Å². The lowest BCUT2D eigenvalue weighted by atomic mass is 10.1. The zero-order chi connectivity index (χ0) is 10.6. The molecule has 0 spiro atoms. The van der Waals surface area contributed by atoms with E-state index in [4.69, 9.17) is 0 Å². The highest BCUT2D eigenvalue weighted by molar-refractivity contribution is 5.51. The molecule has 0 bridgehead atoms. The minimum Gasteiger partial charge on any atom is -0.379 e. The van der Waals surface area contributed by atoms with E-state index >= 15 is 0 Å². The molecule has 1 aromatic heterocycles. The van der Waals surface area contributed by atoms with Crippen LogP contribution < -0.4 is 5.32 Å². The van der Waals surface area contributed by atoms with E-state index in [9.17, 15) is 0 Å². The third-order valence-electron chi connectivity index (χ3n) is 2.61. The summed E-state index contributed by atoms with van der Waals surface area (Å²) in [5, 5.41) is 10.7. The molecule has 0 radical (unpaired) electrons. The van der Waals surface area contributed by atoms with E-state index in [-0.39, 0.29) is 0 Å². The second-order valence-corrected chi connectivity index (χ2v) is 3.85. The van der Waals surface area contributed by atoms with E-state index in [2.05, 4.69) is 36.3 Å². The highest BCUT2D eigenvalue weighted by Gasteiger charge is 2.10. The lowest BCUT2D eigenvalue weighted by molar-refractivity contribution is 0.622. The molecule has 3 nitrogen and oxygen atoms in total. The number of hydrogen-bond donors (Lipinski definition) is 2. The Labute approximate surface area is 86.3 Å². The van der Waals surface area contributed by atoms with Crippen LogP contribution >= 0.6 is 0 Å². The average Bonchev–Trinajstić information content (AvgIpc) is 2.48.